The van der Waals surface area contributed by atoms with Gasteiger partial charge in [0, 0.05) is 42.2 Å². The van der Waals surface area contributed by atoms with E-state index in [-0.39, 0.29) is 0 Å². The molecule has 0 saturated heterocycles. The second kappa shape index (κ2) is 6.03. The highest BCUT2D eigenvalue weighted by atomic mass is 35.5. The highest BCUT2D eigenvalue weighted by molar-refractivity contribution is 6.31. The summed E-state index contributed by atoms with van der Waals surface area (Å²) in [6, 6.07) is 17.0. The molecule has 23 heavy (non-hydrogen) atoms. The summed E-state index contributed by atoms with van der Waals surface area (Å²) in [5, 5.41) is 2.19. The van der Waals surface area contributed by atoms with Gasteiger partial charge < -0.3 is 9.47 Å². The number of aryl methyl sites for hydroxylation is 2. The molecule has 4 rings (SSSR count). The van der Waals surface area contributed by atoms with Gasteiger partial charge in [0.1, 0.15) is 0 Å². The normalized spacial score (nSPS) is 15.0. The Labute approximate surface area is 142 Å². The van der Waals surface area contributed by atoms with Gasteiger partial charge in [-0.3, -0.25) is 0 Å². The van der Waals surface area contributed by atoms with E-state index in [4.69, 9.17) is 11.6 Å². The van der Waals surface area contributed by atoms with Crippen molar-refractivity contribution in [2.24, 2.45) is 0 Å². The molecule has 3 heteroatoms. The molecule has 2 aromatic carbocycles. The summed E-state index contributed by atoms with van der Waals surface area (Å²) < 4.78 is 2.50. The Morgan fingerprint density at radius 1 is 1.09 bits per heavy atom. The minimum absolute atomic E-state index is 0.821. The Morgan fingerprint density at radius 3 is 2.74 bits per heavy atom. The zero-order chi connectivity index (χ0) is 15.8. The van der Waals surface area contributed by atoms with E-state index in [1.165, 1.54) is 27.7 Å². The van der Waals surface area contributed by atoms with E-state index in [2.05, 4.69) is 59.0 Å². The first kappa shape index (κ1) is 14.8. The van der Waals surface area contributed by atoms with Crippen molar-refractivity contribution in [3.05, 3.63) is 70.4 Å². The number of rotatable bonds is 3. The number of fused-ring (bicyclic) bond motifs is 3. The van der Waals surface area contributed by atoms with Crippen molar-refractivity contribution in [3.63, 3.8) is 0 Å². The molecule has 0 atom stereocenters. The summed E-state index contributed by atoms with van der Waals surface area (Å²) >= 11 is 6.28. The summed E-state index contributed by atoms with van der Waals surface area (Å²) in [7, 11) is 2.20. The van der Waals surface area contributed by atoms with Gasteiger partial charge in [0.25, 0.3) is 0 Å². The van der Waals surface area contributed by atoms with E-state index >= 15 is 0 Å². The molecule has 1 aliphatic rings. The van der Waals surface area contributed by atoms with E-state index < -0.39 is 0 Å². The van der Waals surface area contributed by atoms with E-state index in [9.17, 15) is 0 Å². The third kappa shape index (κ3) is 2.77. The van der Waals surface area contributed by atoms with Gasteiger partial charge in [-0.2, -0.15) is 0 Å². The van der Waals surface area contributed by atoms with E-state index in [0.29, 0.717) is 0 Å². The molecule has 2 heterocycles. The van der Waals surface area contributed by atoms with Crippen LogP contribution in [0.4, 0.5) is 0 Å². The highest BCUT2D eigenvalue weighted by Crippen LogP contribution is 2.32. The zero-order valence-corrected chi connectivity index (χ0v) is 14.2. The summed E-state index contributed by atoms with van der Waals surface area (Å²) in [4.78, 5) is 2.40. The molecule has 118 valence electrons. The maximum atomic E-state index is 6.28. The Bertz CT molecular complexity index is 836. The van der Waals surface area contributed by atoms with Crippen LogP contribution < -0.4 is 0 Å². The number of hydrogen-bond donors (Lipinski definition) is 0. The molecule has 2 nitrogen and oxygen atoms in total. The molecule has 0 spiro atoms. The Hall–Kier alpha value is -1.77. The van der Waals surface area contributed by atoms with Crippen LogP contribution in [-0.2, 0) is 25.9 Å². The van der Waals surface area contributed by atoms with Gasteiger partial charge in [-0.05, 0) is 36.7 Å². The Morgan fingerprint density at radius 2 is 1.91 bits per heavy atom. The molecule has 0 radical (unpaired) electrons. The third-order valence-electron chi connectivity index (χ3n) is 4.88. The first-order chi connectivity index (χ1) is 11.2. The maximum absolute atomic E-state index is 6.28. The fourth-order valence-corrected chi connectivity index (χ4v) is 3.86. The number of benzene rings is 2. The van der Waals surface area contributed by atoms with Crippen LogP contribution in [0.5, 0.6) is 0 Å². The smallest absolute Gasteiger partial charge is 0.0500 e. The number of halogens is 1. The number of aromatic nitrogens is 1. The minimum Gasteiger partial charge on any atom is -0.344 e. The molecule has 0 saturated carbocycles. The number of likely N-dealkylation sites (N-methyl/N-ethyl adjacent to an activating group) is 1. The van der Waals surface area contributed by atoms with Gasteiger partial charge >= 0.3 is 0 Å². The van der Waals surface area contributed by atoms with Crippen molar-refractivity contribution in [3.8, 4) is 0 Å². The van der Waals surface area contributed by atoms with Crippen LogP contribution in [0.25, 0.3) is 10.9 Å². The molecular formula is C20H21ClN2. The molecule has 0 bridgehead atoms. The molecule has 3 aromatic rings. The lowest BCUT2D eigenvalue weighted by atomic mass is 10.1. The first-order valence-electron chi connectivity index (χ1n) is 8.24. The molecular weight excluding hydrogens is 304 g/mol. The highest BCUT2D eigenvalue weighted by Gasteiger charge is 2.22. The van der Waals surface area contributed by atoms with Crippen molar-refractivity contribution in [1.82, 2.24) is 9.47 Å². The summed E-state index contributed by atoms with van der Waals surface area (Å²) in [5.41, 5.74) is 5.65. The number of hydrogen-bond acceptors (Lipinski definition) is 1. The topological polar surface area (TPSA) is 8.17 Å². The molecule has 0 N–H and O–H groups in total. The van der Waals surface area contributed by atoms with Crippen LogP contribution in [-0.4, -0.2) is 23.1 Å². The Balaban J connectivity index is 1.77. The second-order valence-electron chi connectivity index (χ2n) is 6.46. The quantitative estimate of drug-likeness (QED) is 0.687. The van der Waals surface area contributed by atoms with Crippen molar-refractivity contribution < 1.29 is 0 Å². The van der Waals surface area contributed by atoms with Crippen molar-refractivity contribution in [1.29, 1.82) is 0 Å². The van der Waals surface area contributed by atoms with Gasteiger partial charge in [-0.15, -0.1) is 0 Å². The monoisotopic (exact) mass is 324 g/mol. The van der Waals surface area contributed by atoms with E-state index in [1.54, 1.807) is 0 Å². The van der Waals surface area contributed by atoms with Crippen LogP contribution in [0.3, 0.4) is 0 Å². The summed E-state index contributed by atoms with van der Waals surface area (Å²) in [6.07, 6.45) is 2.17. The van der Waals surface area contributed by atoms with Crippen LogP contribution in [0, 0.1) is 0 Å². The first-order valence-corrected chi connectivity index (χ1v) is 8.62. The van der Waals surface area contributed by atoms with Crippen molar-refractivity contribution in [2.75, 3.05) is 13.6 Å². The van der Waals surface area contributed by atoms with Gasteiger partial charge in [0.15, 0.2) is 0 Å². The molecule has 0 fully saturated rings. The molecule has 0 unspecified atom stereocenters. The molecule has 0 aliphatic carbocycles. The lowest BCUT2D eigenvalue weighted by molar-refractivity contribution is 0.309. The average Bonchev–Trinajstić information content (AvgIpc) is 2.86. The van der Waals surface area contributed by atoms with Gasteiger partial charge in [-0.1, -0.05) is 48.0 Å². The van der Waals surface area contributed by atoms with E-state index in [0.717, 1.165) is 37.5 Å². The van der Waals surface area contributed by atoms with Crippen LogP contribution >= 0.6 is 11.6 Å². The molecule has 1 aromatic heterocycles. The van der Waals surface area contributed by atoms with Crippen LogP contribution in [0.1, 0.15) is 16.8 Å². The molecule has 1 aliphatic heterocycles. The number of nitrogens with zero attached hydrogens (tertiary/aromatic N) is 2. The fraction of sp³-hybridized carbons (Fsp3) is 0.300. The SMILES string of the molecule is CN1CCc2c(c3ccc(Cl)cc3n2CCc2ccccc2)C1. The molecule has 0 amide bonds. The maximum Gasteiger partial charge on any atom is 0.0500 e. The van der Waals surface area contributed by atoms with Crippen molar-refractivity contribution >= 4 is 22.5 Å². The fourth-order valence-electron chi connectivity index (χ4n) is 3.70. The predicted molar refractivity (Wildman–Crippen MR) is 97.1 cm³/mol. The van der Waals surface area contributed by atoms with Gasteiger partial charge in [-0.25, -0.2) is 0 Å². The lowest BCUT2D eigenvalue weighted by Crippen LogP contribution is -2.27. The third-order valence-corrected chi connectivity index (χ3v) is 5.11. The summed E-state index contributed by atoms with van der Waals surface area (Å²) in [6.45, 7) is 3.17. The zero-order valence-electron chi connectivity index (χ0n) is 13.4. The van der Waals surface area contributed by atoms with Gasteiger partial charge in [0.2, 0.25) is 0 Å². The van der Waals surface area contributed by atoms with Crippen molar-refractivity contribution in [2.45, 2.75) is 25.9 Å². The largest absolute Gasteiger partial charge is 0.344 e. The van der Waals surface area contributed by atoms with Crippen LogP contribution in [0.15, 0.2) is 48.5 Å². The van der Waals surface area contributed by atoms with E-state index in [1.807, 2.05) is 6.07 Å². The predicted octanol–water partition coefficient (Wildman–Crippen LogP) is 4.53. The average molecular weight is 325 g/mol. The van der Waals surface area contributed by atoms with Crippen LogP contribution in [0.2, 0.25) is 5.02 Å². The summed E-state index contributed by atoms with van der Waals surface area (Å²) in [5.74, 6) is 0. The van der Waals surface area contributed by atoms with Gasteiger partial charge in [0.05, 0.1) is 5.52 Å². The second-order valence-corrected chi connectivity index (χ2v) is 6.90. The standard InChI is InChI=1S/C20H21ClN2/c1-22-11-10-19-18(14-22)17-8-7-16(21)13-20(17)23(19)12-9-15-5-3-2-4-6-15/h2-8,13H,9-12,14H2,1H3. The lowest BCUT2D eigenvalue weighted by Gasteiger charge is -2.24. The minimum atomic E-state index is 0.821. The Kier molecular flexibility index (Phi) is 3.88.